The van der Waals surface area contributed by atoms with Crippen LogP contribution in [0, 0.1) is 0 Å². The van der Waals surface area contributed by atoms with Crippen LogP contribution in [0.15, 0.2) is 91.0 Å². The molecule has 0 saturated carbocycles. The highest BCUT2D eigenvalue weighted by atomic mass is 35.5. The fraction of sp³-hybridized carbons (Fsp3) is 0.0400. The number of carbonyl (C=O) groups is 2. The molecule has 0 saturated heterocycles. The predicted molar refractivity (Wildman–Crippen MR) is 124 cm³/mol. The minimum atomic E-state index is -0.379. The number of ether oxygens (including phenoxy) is 1. The van der Waals surface area contributed by atoms with Crippen LogP contribution in [-0.2, 0) is 4.79 Å². The van der Waals surface area contributed by atoms with E-state index in [2.05, 4.69) is 10.6 Å². The Hall–Kier alpha value is -3.83. The van der Waals surface area contributed by atoms with Crippen LogP contribution in [0.1, 0.15) is 10.4 Å². The van der Waals surface area contributed by atoms with E-state index < -0.39 is 0 Å². The van der Waals surface area contributed by atoms with Gasteiger partial charge in [-0.15, -0.1) is 0 Å². The largest absolute Gasteiger partial charge is 0.484 e. The van der Waals surface area contributed by atoms with Crippen LogP contribution in [-0.4, -0.2) is 18.4 Å². The molecule has 2 N–H and O–H groups in total. The average Bonchev–Trinajstić information content (AvgIpc) is 2.79. The van der Waals surface area contributed by atoms with Crippen molar-refractivity contribution in [1.82, 2.24) is 0 Å². The van der Waals surface area contributed by atoms with E-state index in [9.17, 15) is 9.59 Å². The smallest absolute Gasteiger partial charge is 0.262 e. The van der Waals surface area contributed by atoms with Gasteiger partial charge in [-0.2, -0.15) is 0 Å². The SMILES string of the molecule is O=C(COc1ccc2ccccc2c1)Nc1cc(C(=O)Nc2ccccc2)ccc1Cl. The number of nitrogens with one attached hydrogen (secondary N) is 2. The van der Waals surface area contributed by atoms with Gasteiger partial charge in [0.15, 0.2) is 6.61 Å². The number of para-hydroxylation sites is 1. The van der Waals surface area contributed by atoms with Gasteiger partial charge < -0.3 is 15.4 Å². The molecule has 0 atom stereocenters. The van der Waals surface area contributed by atoms with Gasteiger partial charge in [-0.05, 0) is 53.2 Å². The summed E-state index contributed by atoms with van der Waals surface area (Å²) in [5.41, 5.74) is 1.39. The molecule has 0 unspecified atom stereocenters. The van der Waals surface area contributed by atoms with E-state index in [1.165, 1.54) is 6.07 Å². The van der Waals surface area contributed by atoms with Crippen molar-refractivity contribution in [2.24, 2.45) is 0 Å². The molecule has 0 aliphatic carbocycles. The molecule has 0 fully saturated rings. The molecule has 4 aromatic rings. The maximum absolute atomic E-state index is 12.5. The first-order valence-corrected chi connectivity index (χ1v) is 10.0. The summed E-state index contributed by atoms with van der Waals surface area (Å²) in [6.07, 6.45) is 0. The topological polar surface area (TPSA) is 67.4 Å². The minimum absolute atomic E-state index is 0.185. The molecule has 0 spiro atoms. The van der Waals surface area contributed by atoms with Crippen molar-refractivity contribution in [3.63, 3.8) is 0 Å². The first-order valence-electron chi connectivity index (χ1n) is 9.66. The van der Waals surface area contributed by atoms with Crippen LogP contribution in [0.5, 0.6) is 5.75 Å². The van der Waals surface area contributed by atoms with Crippen LogP contribution >= 0.6 is 11.6 Å². The molecule has 0 aliphatic heterocycles. The van der Waals surface area contributed by atoms with Gasteiger partial charge in [0.2, 0.25) is 0 Å². The zero-order valence-corrected chi connectivity index (χ0v) is 17.2. The molecule has 154 valence electrons. The number of hydrogen-bond donors (Lipinski definition) is 2. The van der Waals surface area contributed by atoms with E-state index in [0.29, 0.717) is 27.7 Å². The lowest BCUT2D eigenvalue weighted by atomic mass is 10.1. The Morgan fingerprint density at radius 3 is 2.32 bits per heavy atom. The molecule has 6 heteroatoms. The number of carbonyl (C=O) groups excluding carboxylic acids is 2. The van der Waals surface area contributed by atoms with Crippen LogP contribution in [0.2, 0.25) is 5.02 Å². The number of benzene rings is 4. The van der Waals surface area contributed by atoms with Crippen molar-refractivity contribution in [2.75, 3.05) is 17.2 Å². The second kappa shape index (κ2) is 9.32. The van der Waals surface area contributed by atoms with E-state index in [1.807, 2.05) is 60.7 Å². The van der Waals surface area contributed by atoms with Crippen molar-refractivity contribution in [3.8, 4) is 5.75 Å². The lowest BCUT2D eigenvalue weighted by molar-refractivity contribution is -0.118. The van der Waals surface area contributed by atoms with Gasteiger partial charge in [-0.3, -0.25) is 9.59 Å². The lowest BCUT2D eigenvalue weighted by Crippen LogP contribution is -2.21. The summed E-state index contributed by atoms with van der Waals surface area (Å²) in [5.74, 6) is -0.0857. The maximum Gasteiger partial charge on any atom is 0.262 e. The Morgan fingerprint density at radius 1 is 0.774 bits per heavy atom. The molecule has 4 rings (SSSR count). The van der Waals surface area contributed by atoms with E-state index in [0.717, 1.165) is 10.8 Å². The third kappa shape index (κ3) is 5.21. The molecule has 2 amide bonds. The number of hydrogen-bond acceptors (Lipinski definition) is 3. The molecule has 0 aromatic heterocycles. The van der Waals surface area contributed by atoms with E-state index in [-0.39, 0.29) is 18.4 Å². The minimum Gasteiger partial charge on any atom is -0.484 e. The normalized spacial score (nSPS) is 10.5. The highest BCUT2D eigenvalue weighted by molar-refractivity contribution is 6.34. The van der Waals surface area contributed by atoms with Crippen LogP contribution in [0.25, 0.3) is 10.8 Å². The molecule has 0 radical (unpaired) electrons. The van der Waals surface area contributed by atoms with Gasteiger partial charge in [0.05, 0.1) is 10.7 Å². The van der Waals surface area contributed by atoms with Gasteiger partial charge in [0, 0.05) is 11.3 Å². The summed E-state index contributed by atoms with van der Waals surface area (Å²) >= 11 is 6.20. The van der Waals surface area contributed by atoms with E-state index >= 15 is 0 Å². The third-order valence-electron chi connectivity index (χ3n) is 4.63. The Kier molecular flexibility index (Phi) is 6.15. The van der Waals surface area contributed by atoms with Gasteiger partial charge in [-0.25, -0.2) is 0 Å². The summed E-state index contributed by atoms with van der Waals surface area (Å²) in [7, 11) is 0. The molecule has 5 nitrogen and oxygen atoms in total. The Labute approximate surface area is 184 Å². The molecule has 4 aromatic carbocycles. The average molecular weight is 431 g/mol. The fourth-order valence-corrected chi connectivity index (χ4v) is 3.24. The number of anilines is 2. The third-order valence-corrected chi connectivity index (χ3v) is 4.95. The van der Waals surface area contributed by atoms with Crippen molar-refractivity contribution in [2.45, 2.75) is 0 Å². The number of halogens is 1. The molecule has 0 aliphatic rings. The second-order valence-corrected chi connectivity index (χ2v) is 7.27. The quantitative estimate of drug-likeness (QED) is 0.408. The van der Waals surface area contributed by atoms with Crippen molar-refractivity contribution in [1.29, 1.82) is 0 Å². The van der Waals surface area contributed by atoms with Crippen molar-refractivity contribution >= 4 is 45.6 Å². The predicted octanol–water partition coefficient (Wildman–Crippen LogP) is 5.76. The maximum atomic E-state index is 12.5. The summed E-state index contributed by atoms with van der Waals surface area (Å²) < 4.78 is 5.61. The van der Waals surface area contributed by atoms with Crippen LogP contribution < -0.4 is 15.4 Å². The Balaban J connectivity index is 1.40. The summed E-state index contributed by atoms with van der Waals surface area (Å²) in [6.45, 7) is -0.185. The van der Waals surface area contributed by atoms with Gasteiger partial charge in [0.1, 0.15) is 5.75 Å². The monoisotopic (exact) mass is 430 g/mol. The van der Waals surface area contributed by atoms with Crippen molar-refractivity contribution in [3.05, 3.63) is 102 Å². The zero-order chi connectivity index (χ0) is 21.6. The summed E-state index contributed by atoms with van der Waals surface area (Å²) in [5, 5.41) is 7.95. The van der Waals surface area contributed by atoms with E-state index in [4.69, 9.17) is 16.3 Å². The van der Waals surface area contributed by atoms with Crippen LogP contribution in [0.3, 0.4) is 0 Å². The molecule has 31 heavy (non-hydrogen) atoms. The summed E-state index contributed by atoms with van der Waals surface area (Å²) in [6, 6.07) is 27.4. The molecule has 0 heterocycles. The second-order valence-electron chi connectivity index (χ2n) is 6.86. The van der Waals surface area contributed by atoms with Gasteiger partial charge in [0.25, 0.3) is 11.8 Å². The Bertz CT molecular complexity index is 1240. The zero-order valence-electron chi connectivity index (χ0n) is 16.5. The highest BCUT2D eigenvalue weighted by Gasteiger charge is 2.12. The highest BCUT2D eigenvalue weighted by Crippen LogP contribution is 2.24. The first-order chi connectivity index (χ1) is 15.1. The fourth-order valence-electron chi connectivity index (χ4n) is 3.08. The first kappa shape index (κ1) is 20.4. The standard InChI is InChI=1S/C25H19ClN2O3/c26-22-13-11-19(25(30)27-20-8-2-1-3-9-20)15-23(22)28-24(29)16-31-21-12-10-17-6-4-5-7-18(17)14-21/h1-15H,16H2,(H,27,30)(H,28,29). The number of amides is 2. The van der Waals surface area contributed by atoms with Gasteiger partial charge in [-0.1, -0.05) is 60.1 Å². The van der Waals surface area contributed by atoms with E-state index in [1.54, 1.807) is 24.3 Å². The number of fused-ring (bicyclic) bond motifs is 1. The van der Waals surface area contributed by atoms with Gasteiger partial charge >= 0.3 is 0 Å². The molecular weight excluding hydrogens is 412 g/mol. The molecule has 0 bridgehead atoms. The number of rotatable bonds is 6. The van der Waals surface area contributed by atoms with Crippen molar-refractivity contribution < 1.29 is 14.3 Å². The molecular formula is C25H19ClN2O3. The Morgan fingerprint density at radius 2 is 1.52 bits per heavy atom. The van der Waals surface area contributed by atoms with Crippen LogP contribution in [0.4, 0.5) is 11.4 Å². The summed E-state index contributed by atoms with van der Waals surface area (Å²) in [4.78, 5) is 24.9. The lowest BCUT2D eigenvalue weighted by Gasteiger charge is -2.11.